The summed E-state index contributed by atoms with van der Waals surface area (Å²) in [7, 11) is 0. The van der Waals surface area contributed by atoms with Crippen molar-refractivity contribution in [2.45, 2.75) is 12.8 Å². The van der Waals surface area contributed by atoms with Crippen LogP contribution in [0.25, 0.3) is 0 Å². The normalized spacial score (nSPS) is 11.9. The summed E-state index contributed by atoms with van der Waals surface area (Å²) >= 11 is 0. The number of alkyl halides is 3. The smallest absolute Gasteiger partial charge is 0.392 e. The van der Waals surface area contributed by atoms with E-state index in [0.717, 1.165) is 0 Å². The van der Waals surface area contributed by atoms with Gasteiger partial charge in [0.25, 0.3) is 0 Å². The van der Waals surface area contributed by atoms with Crippen LogP contribution in [0.4, 0.5) is 22.0 Å². The predicted molar refractivity (Wildman–Crippen MR) is 37.3 cm³/mol. The average Bonchev–Trinajstić information content (AvgIpc) is 2.07. The number of hydrogen-bond donors (Lipinski definition) is 1. The van der Waals surface area contributed by atoms with Crippen LogP contribution in [0.3, 0.4) is 0 Å². The van der Waals surface area contributed by atoms with Gasteiger partial charge in [0, 0.05) is 0 Å². The van der Waals surface area contributed by atoms with Gasteiger partial charge >= 0.3 is 6.18 Å². The molecule has 1 aromatic rings. The van der Waals surface area contributed by atoms with Gasteiger partial charge in [0.1, 0.15) is 0 Å². The van der Waals surface area contributed by atoms with Gasteiger partial charge in [-0.1, -0.05) is 0 Å². The maximum Gasteiger partial charge on any atom is 0.419 e. The lowest BCUT2D eigenvalue weighted by Crippen LogP contribution is -2.10. The lowest BCUT2D eigenvalue weighted by Gasteiger charge is -2.09. The molecule has 0 aliphatic rings. The van der Waals surface area contributed by atoms with Gasteiger partial charge in [0.05, 0.1) is 12.2 Å². The van der Waals surface area contributed by atoms with Gasteiger partial charge in [-0.05, 0) is 17.7 Å². The summed E-state index contributed by atoms with van der Waals surface area (Å²) in [5.41, 5.74) is -2.03. The molecular formula is C8H5F5O. The maximum atomic E-state index is 12.6. The minimum absolute atomic E-state index is 0.323. The third kappa shape index (κ3) is 2.01. The van der Waals surface area contributed by atoms with Crippen LogP contribution in [0.2, 0.25) is 0 Å². The van der Waals surface area contributed by atoms with E-state index in [0.29, 0.717) is 12.1 Å². The molecule has 0 aliphatic heterocycles. The molecule has 0 atom stereocenters. The number of benzene rings is 1. The van der Waals surface area contributed by atoms with Gasteiger partial charge in [0.2, 0.25) is 0 Å². The minimum Gasteiger partial charge on any atom is -0.392 e. The molecule has 0 saturated carbocycles. The highest BCUT2D eigenvalue weighted by Gasteiger charge is 2.35. The van der Waals surface area contributed by atoms with Gasteiger partial charge in [-0.15, -0.1) is 0 Å². The van der Waals surface area contributed by atoms with Crippen LogP contribution in [0.1, 0.15) is 11.1 Å². The maximum absolute atomic E-state index is 12.6. The third-order valence-electron chi connectivity index (χ3n) is 1.58. The van der Waals surface area contributed by atoms with Gasteiger partial charge in [-0.2, -0.15) is 13.2 Å². The molecule has 0 radical (unpaired) electrons. The molecule has 0 amide bonds. The molecule has 1 rings (SSSR count). The van der Waals surface area contributed by atoms with Crippen LogP contribution in [0.15, 0.2) is 12.1 Å². The molecule has 0 saturated heterocycles. The SMILES string of the molecule is OCc1cc(F)c(F)c(C(F)(F)F)c1. The fraction of sp³-hybridized carbons (Fsp3) is 0.250. The summed E-state index contributed by atoms with van der Waals surface area (Å²) in [6.45, 7) is -0.777. The van der Waals surface area contributed by atoms with Crippen molar-refractivity contribution in [1.29, 1.82) is 0 Å². The molecule has 0 bridgehead atoms. The van der Waals surface area contributed by atoms with E-state index in [-0.39, 0.29) is 5.56 Å². The topological polar surface area (TPSA) is 20.2 Å². The summed E-state index contributed by atoms with van der Waals surface area (Å²) in [5, 5.41) is 8.49. The van der Waals surface area contributed by atoms with Crippen molar-refractivity contribution < 1.29 is 27.1 Å². The van der Waals surface area contributed by atoms with Crippen LogP contribution in [-0.2, 0) is 12.8 Å². The van der Waals surface area contributed by atoms with E-state index in [1.54, 1.807) is 0 Å². The molecule has 78 valence electrons. The first-order valence-electron chi connectivity index (χ1n) is 3.52. The van der Waals surface area contributed by atoms with Crippen LogP contribution in [0, 0.1) is 11.6 Å². The van der Waals surface area contributed by atoms with Crippen molar-refractivity contribution in [3.63, 3.8) is 0 Å². The summed E-state index contributed by atoms with van der Waals surface area (Å²) < 4.78 is 61.4. The highest BCUT2D eigenvalue weighted by Crippen LogP contribution is 2.32. The average molecular weight is 212 g/mol. The molecule has 0 aromatic heterocycles. The van der Waals surface area contributed by atoms with Crippen LogP contribution >= 0.6 is 0 Å². The van der Waals surface area contributed by atoms with Crippen molar-refractivity contribution >= 4 is 0 Å². The van der Waals surface area contributed by atoms with Gasteiger partial charge in [0.15, 0.2) is 11.6 Å². The number of aliphatic hydroxyl groups excluding tert-OH is 1. The Balaban J connectivity index is 3.35. The second-order valence-electron chi connectivity index (χ2n) is 2.60. The summed E-state index contributed by atoms with van der Waals surface area (Å²) in [6.07, 6.45) is -4.96. The van der Waals surface area contributed by atoms with E-state index in [2.05, 4.69) is 0 Å². The Hall–Kier alpha value is -1.17. The third-order valence-corrected chi connectivity index (χ3v) is 1.58. The Labute approximate surface area is 75.8 Å². The second kappa shape index (κ2) is 3.53. The Bertz CT molecular complexity index is 344. The molecule has 14 heavy (non-hydrogen) atoms. The monoisotopic (exact) mass is 212 g/mol. The lowest BCUT2D eigenvalue weighted by atomic mass is 10.1. The molecular weight excluding hydrogens is 207 g/mol. The predicted octanol–water partition coefficient (Wildman–Crippen LogP) is 2.48. The fourth-order valence-corrected chi connectivity index (χ4v) is 0.943. The van der Waals surface area contributed by atoms with Gasteiger partial charge in [-0.25, -0.2) is 8.78 Å². The Kier molecular flexibility index (Phi) is 2.75. The first kappa shape index (κ1) is 10.9. The van der Waals surface area contributed by atoms with Crippen molar-refractivity contribution in [3.8, 4) is 0 Å². The Morgan fingerprint density at radius 2 is 1.71 bits per heavy atom. The van der Waals surface area contributed by atoms with Crippen molar-refractivity contribution in [3.05, 3.63) is 34.9 Å². The van der Waals surface area contributed by atoms with E-state index in [9.17, 15) is 22.0 Å². The van der Waals surface area contributed by atoms with Gasteiger partial charge in [-0.3, -0.25) is 0 Å². The lowest BCUT2D eigenvalue weighted by molar-refractivity contribution is -0.140. The molecule has 1 nitrogen and oxygen atoms in total. The van der Waals surface area contributed by atoms with Gasteiger partial charge < -0.3 is 5.11 Å². The number of aliphatic hydroxyl groups is 1. The summed E-state index contributed by atoms with van der Waals surface area (Å²) in [4.78, 5) is 0. The highest BCUT2D eigenvalue weighted by molar-refractivity contribution is 5.28. The van der Waals surface area contributed by atoms with E-state index < -0.39 is 30.0 Å². The molecule has 0 fully saturated rings. The number of rotatable bonds is 1. The van der Waals surface area contributed by atoms with E-state index >= 15 is 0 Å². The zero-order chi connectivity index (χ0) is 10.9. The van der Waals surface area contributed by atoms with Crippen LogP contribution < -0.4 is 0 Å². The standard InChI is InChI=1S/C8H5F5O/c9-6-2-4(3-14)1-5(7(6)10)8(11,12)13/h1-2,14H,3H2. The van der Waals surface area contributed by atoms with Crippen molar-refractivity contribution in [2.24, 2.45) is 0 Å². The molecule has 1 aromatic carbocycles. The quantitative estimate of drug-likeness (QED) is 0.709. The van der Waals surface area contributed by atoms with Crippen molar-refractivity contribution in [2.75, 3.05) is 0 Å². The van der Waals surface area contributed by atoms with E-state index in [4.69, 9.17) is 5.11 Å². The Morgan fingerprint density at radius 1 is 1.14 bits per heavy atom. The molecule has 6 heteroatoms. The second-order valence-corrected chi connectivity index (χ2v) is 2.60. The largest absolute Gasteiger partial charge is 0.419 e. The van der Waals surface area contributed by atoms with Crippen LogP contribution in [-0.4, -0.2) is 5.11 Å². The molecule has 1 N–H and O–H groups in total. The molecule has 0 aliphatic carbocycles. The number of halogens is 5. The fourth-order valence-electron chi connectivity index (χ4n) is 0.943. The van der Waals surface area contributed by atoms with E-state index in [1.807, 2.05) is 0 Å². The molecule has 0 heterocycles. The summed E-state index contributed by atoms with van der Waals surface area (Å²) in [6, 6.07) is 0.892. The molecule has 0 unspecified atom stereocenters. The minimum atomic E-state index is -4.96. The first-order valence-corrected chi connectivity index (χ1v) is 3.52. The number of hydrogen-bond acceptors (Lipinski definition) is 1. The first-order chi connectivity index (χ1) is 6.36. The summed E-state index contributed by atoms with van der Waals surface area (Å²) in [5.74, 6) is -3.57. The van der Waals surface area contributed by atoms with Crippen LogP contribution in [0.5, 0.6) is 0 Å². The Morgan fingerprint density at radius 3 is 2.14 bits per heavy atom. The zero-order valence-electron chi connectivity index (χ0n) is 6.70. The van der Waals surface area contributed by atoms with E-state index in [1.165, 1.54) is 0 Å². The van der Waals surface area contributed by atoms with Crippen molar-refractivity contribution in [1.82, 2.24) is 0 Å². The molecule has 0 spiro atoms. The zero-order valence-corrected chi connectivity index (χ0v) is 6.70. The highest BCUT2D eigenvalue weighted by atomic mass is 19.4.